The van der Waals surface area contributed by atoms with Gasteiger partial charge in [-0.1, -0.05) is 66.7 Å². The van der Waals surface area contributed by atoms with E-state index in [0.29, 0.717) is 11.3 Å². The SMILES string of the molecule is O=S(=O)(c1ccccc1)C1C=c2c(ccc3c2=CCc2ccccc2-3)CC1. The molecule has 0 saturated carbocycles. The summed E-state index contributed by atoms with van der Waals surface area (Å²) in [6, 6.07) is 21.7. The second-order valence-electron chi connectivity index (χ2n) is 7.27. The standard InChI is InChI=1S/C24H20O2S/c25-27(26,19-7-2-1-3-8-19)20-13-10-18-12-14-22-21-9-5-4-6-17(21)11-15-23(22)24(18)16-20/h1-9,12,14-16,20H,10-11,13H2. The highest BCUT2D eigenvalue weighted by atomic mass is 32.2. The van der Waals surface area contributed by atoms with Crippen LogP contribution in [0.15, 0.2) is 71.6 Å². The Balaban J connectivity index is 1.70. The van der Waals surface area contributed by atoms with E-state index in [1.165, 1.54) is 27.5 Å². The maximum absolute atomic E-state index is 13.1. The quantitative estimate of drug-likeness (QED) is 0.692. The summed E-state index contributed by atoms with van der Waals surface area (Å²) in [5.74, 6) is 0. The van der Waals surface area contributed by atoms with Crippen LogP contribution in [0.3, 0.4) is 0 Å². The smallest absolute Gasteiger partial charge is 0.184 e. The molecule has 1 unspecified atom stereocenters. The van der Waals surface area contributed by atoms with E-state index in [4.69, 9.17) is 0 Å². The van der Waals surface area contributed by atoms with Crippen LogP contribution in [0.5, 0.6) is 0 Å². The molecule has 0 spiro atoms. The number of aryl methyl sites for hydroxylation is 1. The van der Waals surface area contributed by atoms with E-state index >= 15 is 0 Å². The summed E-state index contributed by atoms with van der Waals surface area (Å²) in [6.07, 6.45) is 6.57. The molecule has 2 aliphatic carbocycles. The van der Waals surface area contributed by atoms with Crippen molar-refractivity contribution in [3.05, 3.63) is 88.3 Å². The molecule has 1 atom stereocenters. The minimum absolute atomic E-state index is 0.411. The number of fused-ring (bicyclic) bond motifs is 5. The molecule has 2 nitrogen and oxygen atoms in total. The second kappa shape index (κ2) is 6.21. The summed E-state index contributed by atoms with van der Waals surface area (Å²) < 4.78 is 26.2. The predicted octanol–water partition coefficient (Wildman–Crippen LogP) is 3.26. The average Bonchev–Trinajstić information content (AvgIpc) is 2.73. The van der Waals surface area contributed by atoms with Gasteiger partial charge < -0.3 is 0 Å². The van der Waals surface area contributed by atoms with E-state index in [-0.39, 0.29) is 0 Å². The summed E-state index contributed by atoms with van der Waals surface area (Å²) in [5, 5.41) is 1.83. The van der Waals surface area contributed by atoms with Gasteiger partial charge in [0.2, 0.25) is 0 Å². The minimum Gasteiger partial charge on any atom is -0.223 e. The number of hydrogen-bond donors (Lipinski definition) is 0. The van der Waals surface area contributed by atoms with Crippen LogP contribution in [0.25, 0.3) is 23.3 Å². The third kappa shape index (κ3) is 2.65. The van der Waals surface area contributed by atoms with Crippen LogP contribution in [0.2, 0.25) is 0 Å². The highest BCUT2D eigenvalue weighted by Gasteiger charge is 2.28. The van der Waals surface area contributed by atoms with Crippen LogP contribution in [-0.4, -0.2) is 13.7 Å². The van der Waals surface area contributed by atoms with E-state index in [9.17, 15) is 8.42 Å². The summed E-state index contributed by atoms with van der Waals surface area (Å²) >= 11 is 0. The number of benzene rings is 3. The zero-order chi connectivity index (χ0) is 18.4. The Hall–Kier alpha value is -2.65. The highest BCUT2D eigenvalue weighted by Crippen LogP contribution is 2.26. The van der Waals surface area contributed by atoms with Crippen molar-refractivity contribution in [1.29, 1.82) is 0 Å². The second-order valence-corrected chi connectivity index (χ2v) is 9.43. The van der Waals surface area contributed by atoms with Gasteiger partial charge in [-0.25, -0.2) is 8.42 Å². The fourth-order valence-corrected chi connectivity index (χ4v) is 5.95. The van der Waals surface area contributed by atoms with Crippen LogP contribution in [0, 0.1) is 0 Å². The fraction of sp³-hybridized carbons (Fsp3) is 0.167. The molecule has 0 radical (unpaired) electrons. The number of sulfone groups is 1. The molecule has 3 heteroatoms. The first-order valence-electron chi connectivity index (χ1n) is 9.36. The lowest BCUT2D eigenvalue weighted by atomic mass is 9.87. The maximum atomic E-state index is 13.1. The Bertz CT molecular complexity index is 1260. The van der Waals surface area contributed by atoms with Gasteiger partial charge in [-0.05, 0) is 64.1 Å². The Morgan fingerprint density at radius 2 is 1.52 bits per heavy atom. The number of hydrogen-bond acceptors (Lipinski definition) is 2. The van der Waals surface area contributed by atoms with Crippen molar-refractivity contribution in [2.24, 2.45) is 0 Å². The van der Waals surface area contributed by atoms with Gasteiger partial charge in [0.1, 0.15) is 0 Å². The van der Waals surface area contributed by atoms with Crippen LogP contribution in [0.4, 0.5) is 0 Å². The van der Waals surface area contributed by atoms with Crippen LogP contribution < -0.4 is 10.4 Å². The normalized spacial score (nSPS) is 17.7. The van der Waals surface area contributed by atoms with Gasteiger partial charge in [0.15, 0.2) is 9.84 Å². The van der Waals surface area contributed by atoms with E-state index in [1.54, 1.807) is 24.3 Å². The van der Waals surface area contributed by atoms with E-state index in [1.807, 2.05) is 12.1 Å². The molecule has 134 valence electrons. The summed E-state index contributed by atoms with van der Waals surface area (Å²) in [7, 11) is -3.36. The zero-order valence-electron chi connectivity index (χ0n) is 14.9. The molecule has 0 heterocycles. The van der Waals surface area contributed by atoms with Crippen molar-refractivity contribution in [2.75, 3.05) is 0 Å². The van der Waals surface area contributed by atoms with E-state index < -0.39 is 15.1 Å². The molecule has 3 aromatic rings. The van der Waals surface area contributed by atoms with Crippen molar-refractivity contribution in [3.8, 4) is 11.1 Å². The Labute approximate surface area is 159 Å². The van der Waals surface area contributed by atoms with Gasteiger partial charge in [-0.2, -0.15) is 0 Å². The molecule has 0 saturated heterocycles. The van der Waals surface area contributed by atoms with Crippen molar-refractivity contribution < 1.29 is 8.42 Å². The molecule has 27 heavy (non-hydrogen) atoms. The first-order valence-corrected chi connectivity index (χ1v) is 10.9. The lowest BCUT2D eigenvalue weighted by Crippen LogP contribution is -2.38. The largest absolute Gasteiger partial charge is 0.223 e. The van der Waals surface area contributed by atoms with Crippen molar-refractivity contribution in [2.45, 2.75) is 29.4 Å². The lowest BCUT2D eigenvalue weighted by Gasteiger charge is -2.22. The molecule has 0 bridgehead atoms. The summed E-state index contributed by atoms with van der Waals surface area (Å²) in [5.41, 5.74) is 5.06. The first kappa shape index (κ1) is 16.5. The molecule has 5 rings (SSSR count). The van der Waals surface area contributed by atoms with E-state index in [2.05, 4.69) is 42.5 Å². The lowest BCUT2D eigenvalue weighted by molar-refractivity contribution is 0.585. The maximum Gasteiger partial charge on any atom is 0.184 e. The number of rotatable bonds is 2. The fourth-order valence-electron chi connectivity index (χ4n) is 4.32. The summed E-state index contributed by atoms with van der Waals surface area (Å²) in [4.78, 5) is 0.411. The highest BCUT2D eigenvalue weighted by molar-refractivity contribution is 7.92. The molecule has 0 aliphatic heterocycles. The minimum atomic E-state index is -3.36. The van der Waals surface area contributed by atoms with Crippen LogP contribution >= 0.6 is 0 Å². The van der Waals surface area contributed by atoms with Gasteiger partial charge in [0, 0.05) is 0 Å². The first-order chi connectivity index (χ1) is 13.1. The topological polar surface area (TPSA) is 34.1 Å². The van der Waals surface area contributed by atoms with Crippen LogP contribution in [0.1, 0.15) is 17.5 Å². The molecular weight excluding hydrogens is 352 g/mol. The van der Waals surface area contributed by atoms with Crippen LogP contribution in [-0.2, 0) is 22.7 Å². The van der Waals surface area contributed by atoms with Gasteiger partial charge in [-0.3, -0.25) is 0 Å². The molecule has 0 amide bonds. The summed E-state index contributed by atoms with van der Waals surface area (Å²) in [6.45, 7) is 0. The molecule has 0 N–H and O–H groups in total. The Morgan fingerprint density at radius 1 is 0.741 bits per heavy atom. The van der Waals surface area contributed by atoms with Crippen molar-refractivity contribution in [3.63, 3.8) is 0 Å². The monoisotopic (exact) mass is 372 g/mol. The average molecular weight is 372 g/mol. The molecule has 3 aromatic carbocycles. The Kier molecular flexibility index (Phi) is 3.80. The Morgan fingerprint density at radius 3 is 2.37 bits per heavy atom. The predicted molar refractivity (Wildman–Crippen MR) is 109 cm³/mol. The van der Waals surface area contributed by atoms with Gasteiger partial charge in [0.05, 0.1) is 10.1 Å². The van der Waals surface area contributed by atoms with Gasteiger partial charge >= 0.3 is 0 Å². The van der Waals surface area contributed by atoms with Crippen molar-refractivity contribution in [1.82, 2.24) is 0 Å². The third-order valence-electron chi connectivity index (χ3n) is 5.73. The molecule has 0 aromatic heterocycles. The van der Waals surface area contributed by atoms with Gasteiger partial charge in [-0.15, -0.1) is 0 Å². The van der Waals surface area contributed by atoms with Gasteiger partial charge in [0.25, 0.3) is 0 Å². The van der Waals surface area contributed by atoms with E-state index in [0.717, 1.165) is 18.1 Å². The molecular formula is C24H20O2S. The molecule has 0 fully saturated rings. The zero-order valence-corrected chi connectivity index (χ0v) is 15.7. The van der Waals surface area contributed by atoms with Crippen molar-refractivity contribution >= 4 is 22.0 Å². The third-order valence-corrected chi connectivity index (χ3v) is 7.83. The molecule has 2 aliphatic rings.